The van der Waals surface area contributed by atoms with Gasteiger partial charge in [0.25, 0.3) is 0 Å². The Balaban J connectivity index is 1.84. The largest absolute Gasteiger partial charge is 0.329 e. The maximum Gasteiger partial charge on any atom is 0.0430 e. The number of thioether (sulfide) groups is 1. The van der Waals surface area contributed by atoms with E-state index in [9.17, 15) is 0 Å². The van der Waals surface area contributed by atoms with Crippen LogP contribution in [0, 0.1) is 5.41 Å². The lowest BCUT2D eigenvalue weighted by molar-refractivity contribution is 0.0565. The summed E-state index contributed by atoms with van der Waals surface area (Å²) in [7, 11) is 0. The Labute approximate surface area is 127 Å². The van der Waals surface area contributed by atoms with Gasteiger partial charge in [0, 0.05) is 30.9 Å². The lowest BCUT2D eigenvalue weighted by Gasteiger charge is -2.52. The molecule has 3 heteroatoms. The van der Waals surface area contributed by atoms with Crippen LogP contribution in [-0.4, -0.2) is 35.0 Å². The highest BCUT2D eigenvalue weighted by atomic mass is 32.2. The highest BCUT2D eigenvalue weighted by Crippen LogP contribution is 2.43. The van der Waals surface area contributed by atoms with Crippen molar-refractivity contribution >= 4 is 11.8 Å². The second kappa shape index (κ2) is 5.36. The van der Waals surface area contributed by atoms with E-state index in [0.717, 1.165) is 19.6 Å². The van der Waals surface area contributed by atoms with E-state index in [0.29, 0.717) is 5.41 Å². The molecule has 0 aromatic heterocycles. The summed E-state index contributed by atoms with van der Waals surface area (Å²) in [5.41, 5.74) is 9.88. The quantitative estimate of drug-likeness (QED) is 0.908. The summed E-state index contributed by atoms with van der Waals surface area (Å²) < 4.78 is 0. The molecule has 1 aromatic rings. The molecule has 110 valence electrons. The minimum atomic E-state index is 0.194. The van der Waals surface area contributed by atoms with Crippen LogP contribution in [0.15, 0.2) is 24.3 Å². The number of hydrogen-bond donors (Lipinski definition) is 1. The molecule has 0 saturated carbocycles. The van der Waals surface area contributed by atoms with Gasteiger partial charge in [-0.15, -0.1) is 0 Å². The normalized spacial score (nSPS) is 29.9. The second-order valence-corrected chi connectivity index (χ2v) is 8.19. The number of fused-ring (bicyclic) bond motifs is 1. The van der Waals surface area contributed by atoms with E-state index in [-0.39, 0.29) is 5.54 Å². The van der Waals surface area contributed by atoms with Gasteiger partial charge in [0.05, 0.1) is 0 Å². The van der Waals surface area contributed by atoms with E-state index < -0.39 is 0 Å². The summed E-state index contributed by atoms with van der Waals surface area (Å²) in [4.78, 5) is 2.67. The zero-order chi connectivity index (χ0) is 14.2. The highest BCUT2D eigenvalue weighted by molar-refractivity contribution is 7.99. The summed E-state index contributed by atoms with van der Waals surface area (Å²) in [6.07, 6.45) is 2.40. The summed E-state index contributed by atoms with van der Waals surface area (Å²) in [5, 5.41) is 0. The Kier molecular flexibility index (Phi) is 3.87. The average molecular weight is 290 g/mol. The molecule has 0 amide bonds. The van der Waals surface area contributed by atoms with Gasteiger partial charge in [-0.25, -0.2) is 0 Å². The van der Waals surface area contributed by atoms with Crippen molar-refractivity contribution in [1.29, 1.82) is 0 Å². The maximum absolute atomic E-state index is 6.26. The molecule has 0 aliphatic carbocycles. The molecule has 1 aromatic carbocycles. The topological polar surface area (TPSA) is 29.3 Å². The van der Waals surface area contributed by atoms with Crippen molar-refractivity contribution in [2.24, 2.45) is 11.1 Å². The van der Waals surface area contributed by atoms with Crippen molar-refractivity contribution in [3.63, 3.8) is 0 Å². The van der Waals surface area contributed by atoms with Crippen LogP contribution in [-0.2, 0) is 13.0 Å². The van der Waals surface area contributed by atoms with E-state index in [1.165, 1.54) is 35.5 Å². The summed E-state index contributed by atoms with van der Waals surface area (Å²) in [5.74, 6) is 2.45. The highest BCUT2D eigenvalue weighted by Gasteiger charge is 2.44. The Morgan fingerprint density at radius 3 is 2.65 bits per heavy atom. The molecule has 2 aliphatic rings. The van der Waals surface area contributed by atoms with Gasteiger partial charge in [0.2, 0.25) is 0 Å². The summed E-state index contributed by atoms with van der Waals surface area (Å²) >= 11 is 2.09. The van der Waals surface area contributed by atoms with Crippen molar-refractivity contribution in [2.45, 2.75) is 38.8 Å². The first-order chi connectivity index (χ1) is 9.55. The van der Waals surface area contributed by atoms with Crippen molar-refractivity contribution in [2.75, 3.05) is 24.6 Å². The van der Waals surface area contributed by atoms with E-state index in [2.05, 4.69) is 54.8 Å². The Hall–Kier alpha value is -0.510. The first kappa shape index (κ1) is 14.4. The minimum Gasteiger partial charge on any atom is -0.329 e. The average Bonchev–Trinajstić information content (AvgIpc) is 2.45. The fraction of sp³-hybridized carbons (Fsp3) is 0.647. The zero-order valence-electron chi connectivity index (χ0n) is 12.7. The zero-order valence-corrected chi connectivity index (χ0v) is 13.5. The number of rotatable bonds is 2. The number of nitrogens with two attached hydrogens (primary N) is 1. The third kappa shape index (κ3) is 2.63. The molecule has 1 saturated heterocycles. The summed E-state index contributed by atoms with van der Waals surface area (Å²) in [6.45, 7) is 7.80. The Bertz CT molecular complexity index is 486. The van der Waals surface area contributed by atoms with Gasteiger partial charge in [0.1, 0.15) is 0 Å². The number of nitrogens with zero attached hydrogens (tertiary/aromatic N) is 1. The summed E-state index contributed by atoms with van der Waals surface area (Å²) in [6, 6.07) is 8.89. The van der Waals surface area contributed by atoms with Crippen molar-refractivity contribution in [3.8, 4) is 0 Å². The van der Waals surface area contributed by atoms with Crippen LogP contribution in [0.3, 0.4) is 0 Å². The van der Waals surface area contributed by atoms with Crippen LogP contribution in [0.1, 0.15) is 31.4 Å². The van der Waals surface area contributed by atoms with E-state index >= 15 is 0 Å². The molecule has 0 spiro atoms. The third-order valence-corrected chi connectivity index (χ3v) is 6.58. The van der Waals surface area contributed by atoms with Gasteiger partial charge in [-0.2, -0.15) is 11.8 Å². The maximum atomic E-state index is 6.26. The fourth-order valence-corrected chi connectivity index (χ4v) is 5.41. The van der Waals surface area contributed by atoms with Crippen LogP contribution < -0.4 is 5.73 Å². The van der Waals surface area contributed by atoms with E-state index in [1.807, 2.05) is 0 Å². The standard InChI is InChI=1S/C17H26N2S/c1-16(2)10-17(11-18,13-20-12-16)19-8-7-14-5-3-4-6-15(14)9-19/h3-6H,7-13,18H2,1-2H3. The monoisotopic (exact) mass is 290 g/mol. The molecule has 3 rings (SSSR count). The van der Waals surface area contributed by atoms with Gasteiger partial charge in [-0.05, 0) is 35.1 Å². The predicted octanol–water partition coefficient (Wildman–Crippen LogP) is 2.91. The lowest BCUT2D eigenvalue weighted by atomic mass is 9.78. The smallest absolute Gasteiger partial charge is 0.0430 e. The SMILES string of the molecule is CC1(C)CSCC(CN)(N2CCc3ccccc3C2)C1. The minimum absolute atomic E-state index is 0.194. The molecule has 1 atom stereocenters. The van der Waals surface area contributed by atoms with Gasteiger partial charge >= 0.3 is 0 Å². The second-order valence-electron chi connectivity index (χ2n) is 7.20. The van der Waals surface area contributed by atoms with E-state index in [1.54, 1.807) is 0 Å². The van der Waals surface area contributed by atoms with Crippen LogP contribution in [0.2, 0.25) is 0 Å². The molecule has 2 heterocycles. The molecule has 0 bridgehead atoms. The number of benzene rings is 1. The molecule has 2 N–H and O–H groups in total. The van der Waals surface area contributed by atoms with Gasteiger partial charge in [-0.3, -0.25) is 4.90 Å². The molecular formula is C17H26N2S. The first-order valence-corrected chi connectivity index (χ1v) is 8.80. The van der Waals surface area contributed by atoms with Crippen LogP contribution >= 0.6 is 11.8 Å². The van der Waals surface area contributed by atoms with Gasteiger partial charge < -0.3 is 5.73 Å². The van der Waals surface area contributed by atoms with Crippen molar-refractivity contribution < 1.29 is 0 Å². The van der Waals surface area contributed by atoms with Crippen LogP contribution in [0.5, 0.6) is 0 Å². The lowest BCUT2D eigenvalue weighted by Crippen LogP contribution is -2.60. The molecule has 0 radical (unpaired) electrons. The molecule has 2 nitrogen and oxygen atoms in total. The molecule has 1 unspecified atom stereocenters. The van der Waals surface area contributed by atoms with Gasteiger partial charge in [-0.1, -0.05) is 38.1 Å². The van der Waals surface area contributed by atoms with Crippen molar-refractivity contribution in [1.82, 2.24) is 4.90 Å². The Morgan fingerprint density at radius 1 is 1.20 bits per heavy atom. The van der Waals surface area contributed by atoms with Gasteiger partial charge in [0.15, 0.2) is 0 Å². The van der Waals surface area contributed by atoms with Crippen molar-refractivity contribution in [3.05, 3.63) is 35.4 Å². The fourth-order valence-electron chi connectivity index (χ4n) is 3.87. The molecular weight excluding hydrogens is 264 g/mol. The molecule has 1 fully saturated rings. The Morgan fingerprint density at radius 2 is 1.95 bits per heavy atom. The first-order valence-electron chi connectivity index (χ1n) is 7.64. The van der Waals surface area contributed by atoms with E-state index in [4.69, 9.17) is 5.73 Å². The number of hydrogen-bond acceptors (Lipinski definition) is 3. The molecule has 20 heavy (non-hydrogen) atoms. The van der Waals surface area contributed by atoms with Crippen LogP contribution in [0.4, 0.5) is 0 Å². The van der Waals surface area contributed by atoms with Crippen LogP contribution in [0.25, 0.3) is 0 Å². The third-order valence-electron chi connectivity index (χ3n) is 4.85. The molecule has 2 aliphatic heterocycles. The predicted molar refractivity (Wildman–Crippen MR) is 88.1 cm³/mol.